The van der Waals surface area contributed by atoms with Gasteiger partial charge in [-0.05, 0) is 17.7 Å². The van der Waals surface area contributed by atoms with Crippen molar-refractivity contribution in [3.63, 3.8) is 0 Å². The summed E-state index contributed by atoms with van der Waals surface area (Å²) in [7, 11) is 0. The number of aromatic amines is 1. The van der Waals surface area contributed by atoms with Crippen molar-refractivity contribution in [3.05, 3.63) is 66.1 Å². The lowest BCUT2D eigenvalue weighted by atomic mass is 10.1. The molecule has 2 aromatic carbocycles. The van der Waals surface area contributed by atoms with E-state index in [1.165, 1.54) is 12.1 Å². The number of imidazole rings is 1. The summed E-state index contributed by atoms with van der Waals surface area (Å²) in [6, 6.07) is 14.3. The van der Waals surface area contributed by atoms with E-state index in [4.69, 9.17) is 5.73 Å². The van der Waals surface area contributed by atoms with Crippen LogP contribution in [-0.2, 0) is 6.54 Å². The minimum Gasteiger partial charge on any atom is -0.338 e. The van der Waals surface area contributed by atoms with E-state index in [0.29, 0.717) is 6.54 Å². The van der Waals surface area contributed by atoms with Crippen LogP contribution in [0.1, 0.15) is 5.56 Å². The number of hydrogen-bond acceptors (Lipinski definition) is 2. The molecule has 3 N–H and O–H groups in total. The number of rotatable bonds is 3. The lowest BCUT2D eigenvalue weighted by molar-refractivity contribution is 0.628. The Morgan fingerprint density at radius 2 is 1.85 bits per heavy atom. The van der Waals surface area contributed by atoms with Gasteiger partial charge in [0.2, 0.25) is 0 Å². The fourth-order valence-electron chi connectivity index (χ4n) is 2.07. The van der Waals surface area contributed by atoms with Gasteiger partial charge >= 0.3 is 0 Å². The van der Waals surface area contributed by atoms with Gasteiger partial charge < -0.3 is 10.7 Å². The zero-order valence-electron chi connectivity index (χ0n) is 10.8. The van der Waals surface area contributed by atoms with Crippen molar-refractivity contribution < 1.29 is 4.39 Å². The summed E-state index contributed by atoms with van der Waals surface area (Å²) in [5.41, 5.74) is 9.20. The third-order valence-corrected chi connectivity index (χ3v) is 3.17. The molecule has 1 heterocycles. The van der Waals surface area contributed by atoms with Gasteiger partial charge in [-0.3, -0.25) is 0 Å². The molecule has 4 heteroatoms. The van der Waals surface area contributed by atoms with Crippen LogP contribution < -0.4 is 5.73 Å². The monoisotopic (exact) mass is 267 g/mol. The number of H-pyrrole nitrogens is 1. The highest BCUT2D eigenvalue weighted by Gasteiger charge is 2.06. The molecule has 3 rings (SSSR count). The second-order valence-corrected chi connectivity index (χ2v) is 4.56. The molecule has 0 saturated heterocycles. The Morgan fingerprint density at radius 3 is 2.55 bits per heavy atom. The molecule has 0 aliphatic carbocycles. The Bertz CT molecular complexity index is 717. The molecule has 0 fully saturated rings. The first-order valence-electron chi connectivity index (χ1n) is 6.36. The lowest BCUT2D eigenvalue weighted by Crippen LogP contribution is -1.95. The number of benzene rings is 2. The van der Waals surface area contributed by atoms with Crippen LogP contribution in [0, 0.1) is 5.82 Å². The van der Waals surface area contributed by atoms with Crippen molar-refractivity contribution in [1.29, 1.82) is 0 Å². The molecule has 0 atom stereocenters. The molecule has 0 radical (unpaired) electrons. The minimum absolute atomic E-state index is 0.258. The highest BCUT2D eigenvalue weighted by atomic mass is 19.1. The van der Waals surface area contributed by atoms with Crippen LogP contribution >= 0.6 is 0 Å². The van der Waals surface area contributed by atoms with Gasteiger partial charge in [0.1, 0.15) is 11.6 Å². The highest BCUT2D eigenvalue weighted by molar-refractivity contribution is 5.64. The minimum atomic E-state index is -0.258. The van der Waals surface area contributed by atoms with E-state index < -0.39 is 0 Å². The topological polar surface area (TPSA) is 54.7 Å². The largest absolute Gasteiger partial charge is 0.338 e. The molecule has 0 aliphatic rings. The van der Waals surface area contributed by atoms with Crippen LogP contribution in [0.5, 0.6) is 0 Å². The highest BCUT2D eigenvalue weighted by Crippen LogP contribution is 2.22. The summed E-state index contributed by atoms with van der Waals surface area (Å²) in [5.74, 6) is 0.499. The number of nitrogens with zero attached hydrogens (tertiary/aromatic N) is 1. The Hall–Kier alpha value is -2.46. The van der Waals surface area contributed by atoms with Crippen molar-refractivity contribution >= 4 is 0 Å². The van der Waals surface area contributed by atoms with E-state index in [1.54, 1.807) is 12.3 Å². The predicted molar refractivity (Wildman–Crippen MR) is 77.3 cm³/mol. The van der Waals surface area contributed by atoms with Gasteiger partial charge in [0.25, 0.3) is 0 Å². The first kappa shape index (κ1) is 12.6. The first-order chi connectivity index (χ1) is 9.76. The fourth-order valence-corrected chi connectivity index (χ4v) is 2.07. The van der Waals surface area contributed by atoms with Gasteiger partial charge in [-0.15, -0.1) is 0 Å². The molecule has 3 nitrogen and oxygen atoms in total. The average Bonchev–Trinajstić information content (AvgIpc) is 2.97. The van der Waals surface area contributed by atoms with Crippen LogP contribution in [0.3, 0.4) is 0 Å². The van der Waals surface area contributed by atoms with E-state index in [0.717, 1.165) is 28.2 Å². The summed E-state index contributed by atoms with van der Waals surface area (Å²) in [4.78, 5) is 7.54. The fraction of sp³-hybridized carbons (Fsp3) is 0.0625. The van der Waals surface area contributed by atoms with Crippen molar-refractivity contribution in [2.75, 3.05) is 0 Å². The quantitative estimate of drug-likeness (QED) is 0.764. The third-order valence-electron chi connectivity index (χ3n) is 3.17. The van der Waals surface area contributed by atoms with Gasteiger partial charge in [0.15, 0.2) is 0 Å². The average molecular weight is 267 g/mol. The summed E-state index contributed by atoms with van der Waals surface area (Å²) in [6.07, 6.45) is 1.71. The van der Waals surface area contributed by atoms with Crippen molar-refractivity contribution in [1.82, 2.24) is 9.97 Å². The van der Waals surface area contributed by atoms with E-state index in [-0.39, 0.29) is 5.82 Å². The van der Waals surface area contributed by atoms with Crippen LogP contribution in [-0.4, -0.2) is 9.97 Å². The molecule has 20 heavy (non-hydrogen) atoms. The molecule has 0 spiro atoms. The zero-order chi connectivity index (χ0) is 13.9. The summed E-state index contributed by atoms with van der Waals surface area (Å²) in [5, 5.41) is 0. The van der Waals surface area contributed by atoms with Gasteiger partial charge in [-0.25, -0.2) is 9.37 Å². The Balaban J connectivity index is 1.93. The maximum absolute atomic E-state index is 13.2. The van der Waals surface area contributed by atoms with Crippen LogP contribution in [0.4, 0.5) is 4.39 Å². The van der Waals surface area contributed by atoms with Crippen LogP contribution in [0.25, 0.3) is 22.6 Å². The normalized spacial score (nSPS) is 10.7. The standard InChI is InChI=1S/C16H14FN3/c17-14-3-1-2-13(8-14)15-10-19-16(20-15)12-6-4-11(9-18)5-7-12/h1-8,10H,9,18H2,(H,19,20). The Morgan fingerprint density at radius 1 is 1.05 bits per heavy atom. The zero-order valence-corrected chi connectivity index (χ0v) is 10.8. The number of hydrogen-bond donors (Lipinski definition) is 2. The van der Waals surface area contributed by atoms with Crippen LogP contribution in [0.2, 0.25) is 0 Å². The molecule has 0 bridgehead atoms. The third kappa shape index (κ3) is 2.46. The van der Waals surface area contributed by atoms with E-state index in [2.05, 4.69) is 9.97 Å². The molecule has 0 amide bonds. The maximum atomic E-state index is 13.2. The summed E-state index contributed by atoms with van der Waals surface area (Å²) in [6.45, 7) is 0.521. The molecule has 0 unspecified atom stereocenters. The van der Waals surface area contributed by atoms with E-state index in [9.17, 15) is 4.39 Å². The predicted octanol–water partition coefficient (Wildman–Crippen LogP) is 3.34. The molecule has 0 aliphatic heterocycles. The number of halogens is 1. The number of nitrogens with one attached hydrogen (secondary N) is 1. The number of nitrogens with two attached hydrogens (primary N) is 1. The second kappa shape index (κ2) is 5.27. The first-order valence-corrected chi connectivity index (χ1v) is 6.36. The van der Waals surface area contributed by atoms with Gasteiger partial charge in [0, 0.05) is 17.7 Å². The maximum Gasteiger partial charge on any atom is 0.137 e. The van der Waals surface area contributed by atoms with Crippen LogP contribution in [0.15, 0.2) is 54.7 Å². The molecule has 1 aromatic heterocycles. The molecular weight excluding hydrogens is 253 g/mol. The smallest absolute Gasteiger partial charge is 0.137 e. The van der Waals surface area contributed by atoms with Crippen molar-refractivity contribution in [2.24, 2.45) is 5.73 Å². The van der Waals surface area contributed by atoms with Gasteiger partial charge in [0.05, 0.1) is 11.9 Å². The molecule has 3 aromatic rings. The van der Waals surface area contributed by atoms with E-state index >= 15 is 0 Å². The van der Waals surface area contributed by atoms with Crippen molar-refractivity contribution in [2.45, 2.75) is 6.54 Å². The summed E-state index contributed by atoms with van der Waals surface area (Å²) < 4.78 is 13.2. The SMILES string of the molecule is NCc1ccc(-c2ncc(-c3cccc(F)c3)[nH]2)cc1. The Kier molecular flexibility index (Phi) is 3.31. The number of aromatic nitrogens is 2. The van der Waals surface area contributed by atoms with Gasteiger partial charge in [-0.1, -0.05) is 36.4 Å². The van der Waals surface area contributed by atoms with Crippen molar-refractivity contribution in [3.8, 4) is 22.6 Å². The molecule has 100 valence electrons. The summed E-state index contributed by atoms with van der Waals surface area (Å²) >= 11 is 0. The second-order valence-electron chi connectivity index (χ2n) is 4.56. The Labute approximate surface area is 116 Å². The van der Waals surface area contributed by atoms with Gasteiger partial charge in [-0.2, -0.15) is 0 Å². The van der Waals surface area contributed by atoms with E-state index in [1.807, 2.05) is 30.3 Å². The molecule has 0 saturated carbocycles. The molecular formula is C16H14FN3. The lowest BCUT2D eigenvalue weighted by Gasteiger charge is -2.00.